The van der Waals surface area contributed by atoms with E-state index in [0.717, 1.165) is 84.4 Å². The SMILES string of the molecule is CN=C(NCCCOCC1CCOCC1)N1CCN(c2cccc(C)c2C)CC1. The fourth-order valence-corrected chi connectivity index (χ4v) is 4.11. The van der Waals surface area contributed by atoms with Gasteiger partial charge in [-0.2, -0.15) is 0 Å². The van der Waals surface area contributed by atoms with Crippen molar-refractivity contribution in [2.75, 3.05) is 71.1 Å². The van der Waals surface area contributed by atoms with Crippen molar-refractivity contribution >= 4 is 11.6 Å². The largest absolute Gasteiger partial charge is 0.381 e. The van der Waals surface area contributed by atoms with Crippen molar-refractivity contribution in [2.24, 2.45) is 10.9 Å². The van der Waals surface area contributed by atoms with Crippen LogP contribution in [0.5, 0.6) is 0 Å². The Balaban J connectivity index is 1.34. The van der Waals surface area contributed by atoms with Crippen molar-refractivity contribution < 1.29 is 9.47 Å². The number of rotatable bonds is 7. The first-order valence-corrected chi connectivity index (χ1v) is 11.1. The van der Waals surface area contributed by atoms with Gasteiger partial charge in [-0.05, 0) is 56.2 Å². The number of hydrogen-bond acceptors (Lipinski definition) is 4. The average molecular weight is 403 g/mol. The Morgan fingerprint density at radius 2 is 1.93 bits per heavy atom. The van der Waals surface area contributed by atoms with Gasteiger partial charge in [0.15, 0.2) is 5.96 Å². The predicted molar refractivity (Wildman–Crippen MR) is 120 cm³/mol. The molecule has 2 heterocycles. The topological polar surface area (TPSA) is 49.3 Å². The van der Waals surface area contributed by atoms with E-state index in [4.69, 9.17) is 9.47 Å². The van der Waals surface area contributed by atoms with E-state index >= 15 is 0 Å². The van der Waals surface area contributed by atoms with E-state index in [1.807, 2.05) is 7.05 Å². The van der Waals surface area contributed by atoms with Crippen LogP contribution in [0.3, 0.4) is 0 Å². The Morgan fingerprint density at radius 1 is 1.17 bits per heavy atom. The molecular weight excluding hydrogens is 364 g/mol. The average Bonchev–Trinajstić information content (AvgIpc) is 2.76. The number of nitrogens with zero attached hydrogens (tertiary/aromatic N) is 3. The van der Waals surface area contributed by atoms with Crippen LogP contribution in [0.4, 0.5) is 5.69 Å². The highest BCUT2D eigenvalue weighted by atomic mass is 16.5. The Kier molecular flexibility index (Phi) is 8.62. The Labute approximate surface area is 176 Å². The highest BCUT2D eigenvalue weighted by molar-refractivity contribution is 5.80. The van der Waals surface area contributed by atoms with Crippen LogP contribution in [-0.2, 0) is 9.47 Å². The third-order valence-electron chi connectivity index (χ3n) is 6.15. The van der Waals surface area contributed by atoms with E-state index in [2.05, 4.69) is 52.2 Å². The molecule has 2 aliphatic rings. The summed E-state index contributed by atoms with van der Waals surface area (Å²) >= 11 is 0. The number of benzene rings is 1. The monoisotopic (exact) mass is 402 g/mol. The fourth-order valence-electron chi connectivity index (χ4n) is 4.11. The van der Waals surface area contributed by atoms with Gasteiger partial charge in [0, 0.05) is 71.9 Å². The zero-order valence-corrected chi connectivity index (χ0v) is 18.5. The van der Waals surface area contributed by atoms with Gasteiger partial charge in [-0.15, -0.1) is 0 Å². The van der Waals surface area contributed by atoms with Crippen LogP contribution in [0, 0.1) is 19.8 Å². The summed E-state index contributed by atoms with van der Waals surface area (Å²) in [5, 5.41) is 3.51. The molecule has 1 N–H and O–H groups in total. The standard InChI is InChI=1S/C23H38N4O2/c1-19-6-4-7-22(20(19)2)26-11-13-27(14-12-26)23(24-3)25-10-5-15-29-18-21-8-16-28-17-9-21/h4,6-7,21H,5,8-18H2,1-3H3,(H,24,25). The second kappa shape index (κ2) is 11.4. The third-order valence-corrected chi connectivity index (χ3v) is 6.15. The number of hydrogen-bond donors (Lipinski definition) is 1. The summed E-state index contributed by atoms with van der Waals surface area (Å²) in [6, 6.07) is 6.59. The number of guanidine groups is 1. The molecule has 0 saturated carbocycles. The van der Waals surface area contributed by atoms with Crippen LogP contribution < -0.4 is 10.2 Å². The van der Waals surface area contributed by atoms with E-state index in [9.17, 15) is 0 Å². The minimum Gasteiger partial charge on any atom is -0.381 e. The molecule has 2 fully saturated rings. The highest BCUT2D eigenvalue weighted by Crippen LogP contribution is 2.23. The molecule has 0 bridgehead atoms. The smallest absolute Gasteiger partial charge is 0.193 e. The zero-order chi connectivity index (χ0) is 20.5. The summed E-state index contributed by atoms with van der Waals surface area (Å²) in [6.45, 7) is 12.8. The van der Waals surface area contributed by atoms with Crippen LogP contribution in [0.2, 0.25) is 0 Å². The van der Waals surface area contributed by atoms with E-state index in [1.165, 1.54) is 16.8 Å². The molecule has 29 heavy (non-hydrogen) atoms. The lowest BCUT2D eigenvalue weighted by Crippen LogP contribution is -2.52. The van der Waals surface area contributed by atoms with Gasteiger partial charge in [-0.3, -0.25) is 4.99 Å². The third kappa shape index (κ3) is 6.34. The summed E-state index contributed by atoms with van der Waals surface area (Å²) in [6.07, 6.45) is 3.28. The van der Waals surface area contributed by atoms with Crippen molar-refractivity contribution in [2.45, 2.75) is 33.1 Å². The summed E-state index contributed by atoms with van der Waals surface area (Å²) in [4.78, 5) is 9.35. The Bertz CT molecular complexity index is 650. The van der Waals surface area contributed by atoms with Gasteiger partial charge in [0.05, 0.1) is 0 Å². The quantitative estimate of drug-likeness (QED) is 0.432. The molecule has 6 heteroatoms. The van der Waals surface area contributed by atoms with Crippen molar-refractivity contribution in [3.63, 3.8) is 0 Å². The van der Waals surface area contributed by atoms with Crippen molar-refractivity contribution in [1.29, 1.82) is 0 Å². The van der Waals surface area contributed by atoms with Crippen LogP contribution >= 0.6 is 0 Å². The second-order valence-electron chi connectivity index (χ2n) is 8.15. The van der Waals surface area contributed by atoms with Gasteiger partial charge < -0.3 is 24.6 Å². The number of anilines is 1. The molecular formula is C23H38N4O2. The summed E-state index contributed by atoms with van der Waals surface area (Å²) in [5.74, 6) is 1.69. The molecule has 2 saturated heterocycles. The van der Waals surface area contributed by atoms with Crippen LogP contribution in [0.15, 0.2) is 23.2 Å². The molecule has 1 aromatic carbocycles. The maximum absolute atomic E-state index is 5.86. The molecule has 0 spiro atoms. The molecule has 2 aliphatic heterocycles. The molecule has 1 aromatic rings. The molecule has 0 atom stereocenters. The van der Waals surface area contributed by atoms with E-state index in [1.54, 1.807) is 0 Å². The van der Waals surface area contributed by atoms with E-state index in [0.29, 0.717) is 5.92 Å². The van der Waals surface area contributed by atoms with Crippen molar-refractivity contribution in [3.05, 3.63) is 29.3 Å². The second-order valence-corrected chi connectivity index (χ2v) is 8.15. The van der Waals surface area contributed by atoms with Crippen LogP contribution in [-0.4, -0.2) is 77.1 Å². The van der Waals surface area contributed by atoms with E-state index < -0.39 is 0 Å². The van der Waals surface area contributed by atoms with Gasteiger partial charge in [-0.25, -0.2) is 0 Å². The number of aliphatic imine (C=N–C) groups is 1. The molecule has 3 rings (SSSR count). The minimum absolute atomic E-state index is 0.679. The Morgan fingerprint density at radius 3 is 2.66 bits per heavy atom. The first kappa shape index (κ1) is 21.9. The zero-order valence-electron chi connectivity index (χ0n) is 18.5. The van der Waals surface area contributed by atoms with Gasteiger partial charge in [0.1, 0.15) is 0 Å². The lowest BCUT2D eigenvalue weighted by Gasteiger charge is -2.38. The molecule has 0 aliphatic carbocycles. The molecule has 6 nitrogen and oxygen atoms in total. The van der Waals surface area contributed by atoms with Crippen molar-refractivity contribution in [3.8, 4) is 0 Å². The summed E-state index contributed by atoms with van der Waals surface area (Å²) < 4.78 is 11.3. The lowest BCUT2D eigenvalue weighted by atomic mass is 10.0. The normalized spacial score (nSPS) is 18.9. The van der Waals surface area contributed by atoms with Gasteiger partial charge in [0.2, 0.25) is 0 Å². The molecule has 0 radical (unpaired) electrons. The predicted octanol–water partition coefficient (Wildman–Crippen LogP) is 2.83. The lowest BCUT2D eigenvalue weighted by molar-refractivity contribution is 0.0203. The highest BCUT2D eigenvalue weighted by Gasteiger charge is 2.21. The van der Waals surface area contributed by atoms with E-state index in [-0.39, 0.29) is 0 Å². The fraction of sp³-hybridized carbons (Fsp3) is 0.696. The number of ether oxygens (including phenoxy) is 2. The van der Waals surface area contributed by atoms with Crippen LogP contribution in [0.25, 0.3) is 0 Å². The number of nitrogens with one attached hydrogen (secondary N) is 1. The van der Waals surface area contributed by atoms with Crippen molar-refractivity contribution in [1.82, 2.24) is 10.2 Å². The molecule has 0 aromatic heterocycles. The molecule has 0 amide bonds. The first-order chi connectivity index (χ1) is 14.2. The number of piperazine rings is 1. The number of aryl methyl sites for hydroxylation is 1. The summed E-state index contributed by atoms with van der Waals surface area (Å²) in [7, 11) is 1.88. The Hall–Kier alpha value is -1.79. The maximum Gasteiger partial charge on any atom is 0.193 e. The van der Waals surface area contributed by atoms with Gasteiger partial charge in [-0.1, -0.05) is 12.1 Å². The molecule has 0 unspecified atom stereocenters. The minimum atomic E-state index is 0.679. The van der Waals surface area contributed by atoms with Crippen LogP contribution in [0.1, 0.15) is 30.4 Å². The van der Waals surface area contributed by atoms with Gasteiger partial charge >= 0.3 is 0 Å². The maximum atomic E-state index is 5.86. The first-order valence-electron chi connectivity index (χ1n) is 11.1. The van der Waals surface area contributed by atoms with Gasteiger partial charge in [0.25, 0.3) is 0 Å². The summed E-state index contributed by atoms with van der Waals surface area (Å²) in [5.41, 5.74) is 4.12. The molecule has 162 valence electrons.